The molecule has 1 aromatic rings. The molecule has 1 unspecified atom stereocenters. The Morgan fingerprint density at radius 1 is 1.47 bits per heavy atom. The van der Waals surface area contributed by atoms with E-state index in [9.17, 15) is 4.79 Å². The molecule has 0 heterocycles. The quantitative estimate of drug-likeness (QED) is 0.840. The van der Waals surface area contributed by atoms with Crippen molar-refractivity contribution in [1.29, 1.82) is 0 Å². The van der Waals surface area contributed by atoms with Gasteiger partial charge in [-0.1, -0.05) is 36.2 Å². The van der Waals surface area contributed by atoms with Crippen molar-refractivity contribution in [2.45, 2.75) is 33.1 Å². The third-order valence-electron chi connectivity index (χ3n) is 4.24. The maximum atomic E-state index is 12.7. The van der Waals surface area contributed by atoms with E-state index in [0.29, 0.717) is 5.69 Å². The number of nitrogens with two attached hydrogens (primary N) is 1. The number of halogens is 1. The predicted molar refractivity (Wildman–Crippen MR) is 83.1 cm³/mol. The Hall–Kier alpha value is -1.03. The Balaban J connectivity index is 2.24. The molecule has 3 nitrogen and oxygen atoms in total. The standard InChI is InChI=1S/C15H21BrN2O/c1-15(2)8-4-5-11(15)14(19)18(3)13-7-6-10(16)9-12(13)17/h6-7,9,11H,4-5,8,17H2,1-3H3. The van der Waals surface area contributed by atoms with Gasteiger partial charge in [0, 0.05) is 17.4 Å². The molecule has 1 fully saturated rings. The lowest BCUT2D eigenvalue weighted by molar-refractivity contribution is -0.124. The Bertz CT molecular complexity index is 499. The molecule has 0 saturated heterocycles. The fourth-order valence-corrected chi connectivity index (χ4v) is 3.35. The van der Waals surface area contributed by atoms with Crippen LogP contribution >= 0.6 is 15.9 Å². The summed E-state index contributed by atoms with van der Waals surface area (Å²) in [6, 6.07) is 5.63. The van der Waals surface area contributed by atoms with Crippen molar-refractivity contribution >= 4 is 33.2 Å². The second-order valence-corrected chi connectivity index (χ2v) is 6.95. The molecule has 2 rings (SSSR count). The molecule has 1 aromatic carbocycles. The summed E-state index contributed by atoms with van der Waals surface area (Å²) >= 11 is 3.38. The highest BCUT2D eigenvalue weighted by Crippen LogP contribution is 2.44. The Labute approximate surface area is 123 Å². The molecule has 104 valence electrons. The Morgan fingerprint density at radius 2 is 2.16 bits per heavy atom. The van der Waals surface area contributed by atoms with Gasteiger partial charge < -0.3 is 10.6 Å². The zero-order valence-corrected chi connectivity index (χ0v) is 13.3. The summed E-state index contributed by atoms with van der Waals surface area (Å²) in [5.74, 6) is 0.275. The summed E-state index contributed by atoms with van der Waals surface area (Å²) < 4.78 is 0.927. The van der Waals surface area contributed by atoms with Gasteiger partial charge in [-0.05, 0) is 36.5 Å². The molecule has 19 heavy (non-hydrogen) atoms. The lowest BCUT2D eigenvalue weighted by Crippen LogP contribution is -2.38. The normalized spacial score (nSPS) is 21.4. The summed E-state index contributed by atoms with van der Waals surface area (Å²) in [4.78, 5) is 14.4. The molecule has 0 aliphatic heterocycles. The second-order valence-electron chi connectivity index (χ2n) is 6.03. The van der Waals surface area contributed by atoms with Gasteiger partial charge in [-0.3, -0.25) is 4.79 Å². The minimum atomic E-state index is 0.0927. The predicted octanol–water partition coefficient (Wildman–Crippen LogP) is 3.82. The van der Waals surface area contributed by atoms with Gasteiger partial charge in [0.25, 0.3) is 0 Å². The molecule has 1 saturated carbocycles. The average Bonchev–Trinajstić information content (AvgIpc) is 2.67. The van der Waals surface area contributed by atoms with Gasteiger partial charge in [0.05, 0.1) is 11.4 Å². The van der Waals surface area contributed by atoms with Crippen LogP contribution in [0.5, 0.6) is 0 Å². The van der Waals surface area contributed by atoms with Crippen LogP contribution in [0.15, 0.2) is 22.7 Å². The number of rotatable bonds is 2. The molecular formula is C15H21BrN2O. The summed E-state index contributed by atoms with van der Waals surface area (Å²) in [6.07, 6.45) is 3.23. The van der Waals surface area contributed by atoms with Crippen LogP contribution in [0, 0.1) is 11.3 Å². The maximum absolute atomic E-state index is 12.7. The van der Waals surface area contributed by atoms with Crippen molar-refractivity contribution < 1.29 is 4.79 Å². The van der Waals surface area contributed by atoms with Crippen LogP contribution in [0.2, 0.25) is 0 Å². The summed E-state index contributed by atoms with van der Waals surface area (Å²) in [5, 5.41) is 0. The fraction of sp³-hybridized carbons (Fsp3) is 0.533. The molecule has 0 bridgehead atoms. The number of hydrogen-bond donors (Lipinski definition) is 1. The minimum Gasteiger partial charge on any atom is -0.397 e. The summed E-state index contributed by atoms with van der Waals surface area (Å²) in [6.45, 7) is 4.36. The van der Waals surface area contributed by atoms with Crippen molar-refractivity contribution in [2.24, 2.45) is 11.3 Å². The lowest BCUT2D eigenvalue weighted by atomic mass is 9.81. The fourth-order valence-electron chi connectivity index (χ4n) is 2.97. The number of anilines is 2. The molecule has 0 radical (unpaired) electrons. The topological polar surface area (TPSA) is 46.3 Å². The highest BCUT2D eigenvalue weighted by Gasteiger charge is 2.40. The van der Waals surface area contributed by atoms with Gasteiger partial charge in [0.2, 0.25) is 5.91 Å². The number of benzene rings is 1. The molecule has 4 heteroatoms. The first-order valence-electron chi connectivity index (χ1n) is 6.65. The molecule has 1 aliphatic rings. The number of carbonyl (C=O) groups is 1. The molecule has 0 aromatic heterocycles. The van der Waals surface area contributed by atoms with Gasteiger partial charge in [-0.2, -0.15) is 0 Å². The Kier molecular flexibility index (Phi) is 3.90. The van der Waals surface area contributed by atoms with Crippen LogP contribution in [-0.4, -0.2) is 13.0 Å². The SMILES string of the molecule is CN(C(=O)C1CCCC1(C)C)c1ccc(Br)cc1N. The van der Waals surface area contributed by atoms with Crippen LogP contribution in [0.4, 0.5) is 11.4 Å². The van der Waals surface area contributed by atoms with Crippen LogP contribution < -0.4 is 10.6 Å². The first-order chi connectivity index (χ1) is 8.83. The number of carbonyl (C=O) groups excluding carboxylic acids is 1. The van der Waals surface area contributed by atoms with E-state index < -0.39 is 0 Å². The zero-order valence-electron chi connectivity index (χ0n) is 11.7. The summed E-state index contributed by atoms with van der Waals surface area (Å²) in [7, 11) is 1.82. The Morgan fingerprint density at radius 3 is 2.68 bits per heavy atom. The molecule has 0 spiro atoms. The van der Waals surface area contributed by atoms with Crippen molar-refractivity contribution in [3.8, 4) is 0 Å². The lowest BCUT2D eigenvalue weighted by Gasteiger charge is -2.30. The van der Waals surface area contributed by atoms with E-state index in [1.165, 1.54) is 0 Å². The van der Waals surface area contributed by atoms with E-state index in [-0.39, 0.29) is 17.2 Å². The molecule has 1 atom stereocenters. The van der Waals surface area contributed by atoms with Crippen LogP contribution in [0.25, 0.3) is 0 Å². The van der Waals surface area contributed by atoms with Crippen LogP contribution in [0.3, 0.4) is 0 Å². The first-order valence-corrected chi connectivity index (χ1v) is 7.45. The first kappa shape index (κ1) is 14.4. The summed E-state index contributed by atoms with van der Waals surface area (Å²) in [5.41, 5.74) is 7.51. The maximum Gasteiger partial charge on any atom is 0.230 e. The van der Waals surface area contributed by atoms with E-state index in [1.54, 1.807) is 4.90 Å². The average molecular weight is 325 g/mol. The van der Waals surface area contributed by atoms with E-state index in [4.69, 9.17) is 5.73 Å². The van der Waals surface area contributed by atoms with Gasteiger partial charge in [0.15, 0.2) is 0 Å². The van der Waals surface area contributed by atoms with Gasteiger partial charge in [0.1, 0.15) is 0 Å². The number of amides is 1. The zero-order chi connectivity index (χ0) is 14.2. The smallest absolute Gasteiger partial charge is 0.230 e. The highest BCUT2D eigenvalue weighted by molar-refractivity contribution is 9.10. The second kappa shape index (κ2) is 5.16. The van der Waals surface area contributed by atoms with Crippen molar-refractivity contribution in [2.75, 3.05) is 17.7 Å². The van der Waals surface area contributed by atoms with E-state index in [0.717, 1.165) is 29.4 Å². The van der Waals surface area contributed by atoms with Gasteiger partial charge >= 0.3 is 0 Å². The molecule has 2 N–H and O–H groups in total. The van der Waals surface area contributed by atoms with Crippen molar-refractivity contribution in [3.63, 3.8) is 0 Å². The number of nitrogens with zero attached hydrogens (tertiary/aromatic N) is 1. The highest BCUT2D eigenvalue weighted by atomic mass is 79.9. The van der Waals surface area contributed by atoms with Gasteiger partial charge in [-0.15, -0.1) is 0 Å². The van der Waals surface area contributed by atoms with E-state index >= 15 is 0 Å². The third kappa shape index (κ3) is 2.78. The number of hydrogen-bond acceptors (Lipinski definition) is 2. The minimum absolute atomic E-state index is 0.0927. The van der Waals surface area contributed by atoms with Gasteiger partial charge in [-0.25, -0.2) is 0 Å². The van der Waals surface area contributed by atoms with E-state index in [1.807, 2.05) is 25.2 Å². The third-order valence-corrected chi connectivity index (χ3v) is 4.73. The molecular weight excluding hydrogens is 304 g/mol. The van der Waals surface area contributed by atoms with Crippen molar-refractivity contribution in [1.82, 2.24) is 0 Å². The van der Waals surface area contributed by atoms with Crippen LogP contribution in [-0.2, 0) is 4.79 Å². The van der Waals surface area contributed by atoms with Crippen molar-refractivity contribution in [3.05, 3.63) is 22.7 Å². The monoisotopic (exact) mass is 324 g/mol. The van der Waals surface area contributed by atoms with Crippen LogP contribution in [0.1, 0.15) is 33.1 Å². The largest absolute Gasteiger partial charge is 0.397 e. The molecule has 1 amide bonds. The molecule has 1 aliphatic carbocycles. The van der Waals surface area contributed by atoms with E-state index in [2.05, 4.69) is 29.8 Å². The number of nitrogen functional groups attached to an aromatic ring is 1.